The molecular weight excluding hydrogens is 124 g/mol. The molecule has 3 atom stereocenters. The summed E-state index contributed by atoms with van der Waals surface area (Å²) in [5.74, 6) is 1.61. The van der Waals surface area contributed by atoms with E-state index >= 15 is 0 Å². The Balaban J connectivity index is 2.17. The van der Waals surface area contributed by atoms with Crippen molar-refractivity contribution in [3.8, 4) is 0 Å². The highest BCUT2D eigenvalue weighted by atomic mass is 16.5. The van der Waals surface area contributed by atoms with Gasteiger partial charge in [0.1, 0.15) is 0 Å². The van der Waals surface area contributed by atoms with Crippen LogP contribution in [0.5, 0.6) is 0 Å². The van der Waals surface area contributed by atoms with Gasteiger partial charge in [0.05, 0.1) is 6.10 Å². The Morgan fingerprint density at radius 2 is 2.30 bits per heavy atom. The number of hydrogen-bond acceptors (Lipinski definition) is 1. The molecule has 0 aromatic carbocycles. The maximum absolute atomic E-state index is 5.36. The average molecular weight is 138 g/mol. The highest BCUT2D eigenvalue weighted by Crippen LogP contribution is 2.48. The molecule has 2 aliphatic carbocycles. The van der Waals surface area contributed by atoms with E-state index in [1.807, 2.05) is 0 Å². The lowest BCUT2D eigenvalue weighted by Crippen LogP contribution is -2.20. The van der Waals surface area contributed by atoms with Crippen molar-refractivity contribution in [1.29, 1.82) is 0 Å². The minimum absolute atomic E-state index is 0.402. The molecule has 10 heavy (non-hydrogen) atoms. The lowest BCUT2D eigenvalue weighted by Gasteiger charge is -2.22. The van der Waals surface area contributed by atoms with Gasteiger partial charge >= 0.3 is 0 Å². The summed E-state index contributed by atoms with van der Waals surface area (Å²) in [6.45, 7) is 4.06. The Hall–Kier alpha value is -0.300. The number of ether oxygens (including phenoxy) is 1. The molecule has 0 saturated heterocycles. The molecule has 0 aromatic heterocycles. The monoisotopic (exact) mass is 138 g/mol. The van der Waals surface area contributed by atoms with E-state index in [4.69, 9.17) is 4.74 Å². The first-order chi connectivity index (χ1) is 4.83. The maximum Gasteiger partial charge on any atom is 0.0809 e. The quantitative estimate of drug-likeness (QED) is 0.503. The van der Waals surface area contributed by atoms with Crippen LogP contribution in [0.2, 0.25) is 0 Å². The highest BCUT2D eigenvalue weighted by molar-refractivity contribution is 5.19. The Labute approximate surface area is 62.1 Å². The zero-order chi connectivity index (χ0) is 7.14. The molecule has 0 amide bonds. The molecule has 1 heteroatoms. The molecule has 1 nitrogen and oxygen atoms in total. The van der Waals surface area contributed by atoms with Crippen molar-refractivity contribution in [2.75, 3.05) is 7.11 Å². The van der Waals surface area contributed by atoms with Gasteiger partial charge in [0.25, 0.3) is 0 Å². The molecule has 0 spiro atoms. The van der Waals surface area contributed by atoms with E-state index in [2.05, 4.69) is 6.58 Å². The third-order valence-corrected chi connectivity index (χ3v) is 3.05. The summed E-state index contributed by atoms with van der Waals surface area (Å²) in [6.07, 6.45) is 4.47. The summed E-state index contributed by atoms with van der Waals surface area (Å²) in [4.78, 5) is 0. The molecule has 2 bridgehead atoms. The van der Waals surface area contributed by atoms with Gasteiger partial charge in [-0.15, -0.1) is 0 Å². The minimum Gasteiger partial charge on any atom is -0.377 e. The van der Waals surface area contributed by atoms with Crippen molar-refractivity contribution in [1.82, 2.24) is 0 Å². The lowest BCUT2D eigenvalue weighted by atomic mass is 9.93. The Morgan fingerprint density at radius 3 is 2.70 bits per heavy atom. The zero-order valence-electron chi connectivity index (χ0n) is 6.47. The van der Waals surface area contributed by atoms with Gasteiger partial charge in [0.15, 0.2) is 0 Å². The second-order valence-corrected chi connectivity index (χ2v) is 3.50. The lowest BCUT2D eigenvalue weighted by molar-refractivity contribution is 0.0903. The summed E-state index contributed by atoms with van der Waals surface area (Å²) < 4.78 is 5.36. The molecule has 0 heterocycles. The first-order valence-electron chi connectivity index (χ1n) is 4.04. The fourth-order valence-electron chi connectivity index (χ4n) is 2.51. The molecule has 0 radical (unpaired) electrons. The first kappa shape index (κ1) is 6.41. The van der Waals surface area contributed by atoms with E-state index in [1.54, 1.807) is 7.11 Å². The van der Waals surface area contributed by atoms with Crippen molar-refractivity contribution in [2.24, 2.45) is 11.8 Å². The summed E-state index contributed by atoms with van der Waals surface area (Å²) in [5, 5.41) is 0. The molecule has 56 valence electrons. The minimum atomic E-state index is 0.402. The normalized spacial score (nSPS) is 44.9. The van der Waals surface area contributed by atoms with Crippen LogP contribution in [0.1, 0.15) is 19.3 Å². The van der Waals surface area contributed by atoms with E-state index in [0.717, 1.165) is 11.8 Å². The van der Waals surface area contributed by atoms with Crippen LogP contribution in [-0.2, 0) is 4.74 Å². The second-order valence-electron chi connectivity index (χ2n) is 3.50. The first-order valence-corrected chi connectivity index (χ1v) is 4.04. The van der Waals surface area contributed by atoms with Crippen LogP contribution in [-0.4, -0.2) is 13.2 Å². The molecule has 2 rings (SSSR count). The van der Waals surface area contributed by atoms with Crippen LogP contribution < -0.4 is 0 Å². The Bertz CT molecular complexity index is 162. The van der Waals surface area contributed by atoms with Crippen LogP contribution in [0.25, 0.3) is 0 Å². The predicted molar refractivity (Wildman–Crippen MR) is 40.8 cm³/mol. The third-order valence-electron chi connectivity index (χ3n) is 3.05. The number of fused-ring (bicyclic) bond motifs is 2. The van der Waals surface area contributed by atoms with Crippen molar-refractivity contribution in [3.05, 3.63) is 12.2 Å². The highest BCUT2D eigenvalue weighted by Gasteiger charge is 2.42. The number of rotatable bonds is 1. The number of methoxy groups -OCH3 is 1. The van der Waals surface area contributed by atoms with Gasteiger partial charge in [-0.2, -0.15) is 0 Å². The summed E-state index contributed by atoms with van der Waals surface area (Å²) >= 11 is 0. The van der Waals surface area contributed by atoms with Crippen LogP contribution >= 0.6 is 0 Å². The van der Waals surface area contributed by atoms with Gasteiger partial charge < -0.3 is 4.74 Å². The SMILES string of the molecule is C=C1C2CCC(C2)C1OC. The second kappa shape index (κ2) is 2.09. The van der Waals surface area contributed by atoms with Gasteiger partial charge in [-0.25, -0.2) is 0 Å². The molecule has 2 saturated carbocycles. The van der Waals surface area contributed by atoms with E-state index < -0.39 is 0 Å². The average Bonchev–Trinajstić information content (AvgIpc) is 2.46. The van der Waals surface area contributed by atoms with E-state index in [9.17, 15) is 0 Å². The summed E-state index contributed by atoms with van der Waals surface area (Å²) in [7, 11) is 1.80. The van der Waals surface area contributed by atoms with Crippen molar-refractivity contribution >= 4 is 0 Å². The maximum atomic E-state index is 5.36. The molecule has 0 aromatic rings. The molecule has 2 aliphatic rings. The molecule has 2 fully saturated rings. The van der Waals surface area contributed by atoms with Gasteiger partial charge in [-0.05, 0) is 36.7 Å². The van der Waals surface area contributed by atoms with Gasteiger partial charge in [0, 0.05) is 7.11 Å². The van der Waals surface area contributed by atoms with Crippen molar-refractivity contribution in [3.63, 3.8) is 0 Å². The van der Waals surface area contributed by atoms with Gasteiger partial charge in [-0.3, -0.25) is 0 Å². The van der Waals surface area contributed by atoms with Crippen LogP contribution in [0.3, 0.4) is 0 Å². The van der Waals surface area contributed by atoms with Crippen LogP contribution in [0, 0.1) is 11.8 Å². The van der Waals surface area contributed by atoms with E-state index in [0.29, 0.717) is 6.10 Å². The van der Waals surface area contributed by atoms with Crippen LogP contribution in [0.15, 0.2) is 12.2 Å². The summed E-state index contributed by atoms with van der Waals surface area (Å²) in [6, 6.07) is 0. The van der Waals surface area contributed by atoms with Crippen molar-refractivity contribution in [2.45, 2.75) is 25.4 Å². The largest absolute Gasteiger partial charge is 0.377 e. The fraction of sp³-hybridized carbons (Fsp3) is 0.778. The van der Waals surface area contributed by atoms with Crippen molar-refractivity contribution < 1.29 is 4.74 Å². The molecule has 3 unspecified atom stereocenters. The topological polar surface area (TPSA) is 9.23 Å². The van der Waals surface area contributed by atoms with Crippen LogP contribution in [0.4, 0.5) is 0 Å². The Kier molecular flexibility index (Phi) is 1.34. The number of hydrogen-bond donors (Lipinski definition) is 0. The Morgan fingerprint density at radius 1 is 1.50 bits per heavy atom. The van der Waals surface area contributed by atoms with Gasteiger partial charge in [0.2, 0.25) is 0 Å². The zero-order valence-corrected chi connectivity index (χ0v) is 6.47. The standard InChI is InChI=1S/C9H14O/c1-6-7-3-4-8(5-7)9(6)10-2/h7-9H,1,3-5H2,2H3. The fourth-order valence-corrected chi connectivity index (χ4v) is 2.51. The predicted octanol–water partition coefficient (Wildman–Crippen LogP) is 1.99. The third kappa shape index (κ3) is 0.671. The smallest absolute Gasteiger partial charge is 0.0809 e. The molecular formula is C9H14O. The molecule has 0 N–H and O–H groups in total. The van der Waals surface area contributed by atoms with E-state index in [-0.39, 0.29) is 0 Å². The molecule has 0 aliphatic heterocycles. The van der Waals surface area contributed by atoms with E-state index in [1.165, 1.54) is 24.8 Å². The van der Waals surface area contributed by atoms with Gasteiger partial charge in [-0.1, -0.05) is 6.58 Å². The summed E-state index contributed by atoms with van der Waals surface area (Å²) in [5.41, 5.74) is 1.36.